The largest absolute Gasteiger partial charge is 0.493 e. The van der Waals surface area contributed by atoms with E-state index < -0.39 is 0 Å². The van der Waals surface area contributed by atoms with Crippen molar-refractivity contribution in [3.63, 3.8) is 0 Å². The monoisotopic (exact) mass is 235 g/mol. The van der Waals surface area contributed by atoms with Crippen LogP contribution in [0.15, 0.2) is 24.3 Å². The number of aryl methyl sites for hydroxylation is 1. The van der Waals surface area contributed by atoms with Crippen LogP contribution in [0.4, 0.5) is 0 Å². The Morgan fingerprint density at radius 1 is 1.35 bits per heavy atom. The summed E-state index contributed by atoms with van der Waals surface area (Å²) in [7, 11) is 0. The maximum absolute atomic E-state index is 11.3. The van der Waals surface area contributed by atoms with Crippen molar-refractivity contribution in [3.8, 4) is 5.75 Å². The topological polar surface area (TPSA) is 38.3 Å². The van der Waals surface area contributed by atoms with Crippen molar-refractivity contribution in [1.29, 1.82) is 0 Å². The normalized spacial score (nSPS) is 10.0. The number of nitrogens with one attached hydrogen (secondary N) is 1. The van der Waals surface area contributed by atoms with Crippen LogP contribution in [-0.4, -0.2) is 19.1 Å². The molecule has 0 unspecified atom stereocenters. The molecule has 0 aliphatic heterocycles. The van der Waals surface area contributed by atoms with E-state index in [1.165, 1.54) is 0 Å². The predicted octanol–water partition coefficient (Wildman–Crippen LogP) is 2.68. The van der Waals surface area contributed by atoms with E-state index in [1.807, 2.05) is 38.1 Å². The van der Waals surface area contributed by atoms with Crippen LogP contribution in [0, 0.1) is 6.92 Å². The molecule has 0 aromatic heterocycles. The first kappa shape index (κ1) is 13.6. The van der Waals surface area contributed by atoms with Crippen molar-refractivity contribution in [3.05, 3.63) is 29.8 Å². The molecular formula is C14H21NO2. The van der Waals surface area contributed by atoms with Gasteiger partial charge < -0.3 is 10.1 Å². The lowest BCUT2D eigenvalue weighted by Crippen LogP contribution is -2.24. The van der Waals surface area contributed by atoms with E-state index in [-0.39, 0.29) is 5.91 Å². The first-order valence-electron chi connectivity index (χ1n) is 6.19. The zero-order valence-corrected chi connectivity index (χ0v) is 10.7. The molecule has 0 spiro atoms. The summed E-state index contributed by atoms with van der Waals surface area (Å²) in [4.78, 5) is 11.3. The Kier molecular flexibility index (Phi) is 6.15. The third-order valence-electron chi connectivity index (χ3n) is 2.47. The molecule has 0 aliphatic rings. The highest BCUT2D eigenvalue weighted by molar-refractivity contribution is 5.75. The Morgan fingerprint density at radius 3 is 2.82 bits per heavy atom. The van der Waals surface area contributed by atoms with E-state index in [1.54, 1.807) is 0 Å². The van der Waals surface area contributed by atoms with Crippen molar-refractivity contribution < 1.29 is 9.53 Å². The number of para-hydroxylation sites is 1. The number of carbonyl (C=O) groups excluding carboxylic acids is 1. The van der Waals surface area contributed by atoms with Gasteiger partial charge in [0.15, 0.2) is 0 Å². The summed E-state index contributed by atoms with van der Waals surface area (Å²) in [5, 5.41) is 2.85. The number of hydrogen-bond donors (Lipinski definition) is 1. The third-order valence-corrected chi connectivity index (χ3v) is 2.47. The minimum Gasteiger partial charge on any atom is -0.493 e. The van der Waals surface area contributed by atoms with Gasteiger partial charge >= 0.3 is 0 Å². The molecule has 0 aliphatic carbocycles. The highest BCUT2D eigenvalue weighted by atomic mass is 16.5. The molecule has 3 nitrogen and oxygen atoms in total. The Labute approximate surface area is 103 Å². The molecule has 1 amide bonds. The Balaban J connectivity index is 2.16. The van der Waals surface area contributed by atoms with Crippen LogP contribution in [-0.2, 0) is 4.79 Å². The number of ether oxygens (including phenoxy) is 1. The second-order valence-corrected chi connectivity index (χ2v) is 4.07. The van der Waals surface area contributed by atoms with Gasteiger partial charge in [-0.3, -0.25) is 4.79 Å². The van der Waals surface area contributed by atoms with Crippen LogP contribution in [0.25, 0.3) is 0 Å². The molecular weight excluding hydrogens is 214 g/mol. The van der Waals surface area contributed by atoms with Gasteiger partial charge in [-0.05, 0) is 31.4 Å². The zero-order valence-electron chi connectivity index (χ0n) is 10.7. The lowest BCUT2D eigenvalue weighted by molar-refractivity contribution is -0.121. The number of rotatable bonds is 7. The number of hydrogen-bond acceptors (Lipinski definition) is 2. The van der Waals surface area contributed by atoms with Crippen molar-refractivity contribution in [1.82, 2.24) is 5.32 Å². The van der Waals surface area contributed by atoms with E-state index in [4.69, 9.17) is 4.74 Å². The fourth-order valence-corrected chi connectivity index (χ4v) is 1.49. The first-order valence-corrected chi connectivity index (χ1v) is 6.19. The van der Waals surface area contributed by atoms with Gasteiger partial charge in [0, 0.05) is 13.0 Å². The van der Waals surface area contributed by atoms with Gasteiger partial charge in [-0.2, -0.15) is 0 Å². The Hall–Kier alpha value is -1.51. The maximum Gasteiger partial charge on any atom is 0.220 e. The fraction of sp³-hybridized carbons (Fsp3) is 0.500. The van der Waals surface area contributed by atoms with Crippen molar-refractivity contribution in [2.75, 3.05) is 13.2 Å². The van der Waals surface area contributed by atoms with Crippen LogP contribution in [0.3, 0.4) is 0 Å². The summed E-state index contributed by atoms with van der Waals surface area (Å²) in [6.45, 7) is 5.41. The molecule has 1 aromatic carbocycles. The summed E-state index contributed by atoms with van der Waals surface area (Å²) in [6, 6.07) is 7.91. The smallest absolute Gasteiger partial charge is 0.220 e. The van der Waals surface area contributed by atoms with Crippen LogP contribution >= 0.6 is 0 Å². The number of amides is 1. The molecule has 0 saturated heterocycles. The molecule has 17 heavy (non-hydrogen) atoms. The van der Waals surface area contributed by atoms with Gasteiger partial charge in [0.2, 0.25) is 5.91 Å². The predicted molar refractivity (Wildman–Crippen MR) is 69.2 cm³/mol. The molecule has 0 bridgehead atoms. The molecule has 0 heterocycles. The number of benzene rings is 1. The molecule has 1 aromatic rings. The summed E-state index contributed by atoms with van der Waals surface area (Å²) >= 11 is 0. The van der Waals surface area contributed by atoms with Crippen LogP contribution < -0.4 is 10.1 Å². The Bertz CT molecular complexity index is 350. The average Bonchev–Trinajstić information content (AvgIpc) is 2.34. The summed E-state index contributed by atoms with van der Waals surface area (Å²) in [6.07, 6.45) is 2.27. The van der Waals surface area contributed by atoms with Gasteiger partial charge in [0.25, 0.3) is 0 Å². The summed E-state index contributed by atoms with van der Waals surface area (Å²) < 4.78 is 5.61. The number of carbonyl (C=O) groups is 1. The van der Waals surface area contributed by atoms with Crippen LogP contribution in [0.1, 0.15) is 31.7 Å². The van der Waals surface area contributed by atoms with E-state index in [0.717, 1.165) is 30.7 Å². The molecule has 1 rings (SSSR count). The standard InChI is InChI=1S/C14H21NO2/c1-3-10-15-14(16)9-6-11-17-13-8-5-4-7-12(13)2/h4-5,7-8H,3,6,9-11H2,1-2H3,(H,15,16). The van der Waals surface area contributed by atoms with Crippen LogP contribution in [0.2, 0.25) is 0 Å². The van der Waals surface area contributed by atoms with E-state index in [9.17, 15) is 4.79 Å². The second kappa shape index (κ2) is 7.71. The lowest BCUT2D eigenvalue weighted by Gasteiger charge is -2.08. The highest BCUT2D eigenvalue weighted by Gasteiger charge is 2.01. The minimum atomic E-state index is 0.111. The van der Waals surface area contributed by atoms with Gasteiger partial charge in [-0.1, -0.05) is 25.1 Å². The summed E-state index contributed by atoms with van der Waals surface area (Å²) in [5.41, 5.74) is 1.13. The first-order chi connectivity index (χ1) is 8.24. The van der Waals surface area contributed by atoms with E-state index in [2.05, 4.69) is 5.32 Å². The van der Waals surface area contributed by atoms with Crippen molar-refractivity contribution in [2.24, 2.45) is 0 Å². The van der Waals surface area contributed by atoms with Gasteiger partial charge in [0.05, 0.1) is 6.61 Å². The van der Waals surface area contributed by atoms with Crippen molar-refractivity contribution >= 4 is 5.91 Å². The zero-order chi connectivity index (χ0) is 12.5. The highest BCUT2D eigenvalue weighted by Crippen LogP contribution is 2.16. The average molecular weight is 235 g/mol. The summed E-state index contributed by atoms with van der Waals surface area (Å²) in [5.74, 6) is 1.02. The second-order valence-electron chi connectivity index (χ2n) is 4.07. The molecule has 0 atom stereocenters. The fourth-order valence-electron chi connectivity index (χ4n) is 1.49. The van der Waals surface area contributed by atoms with Gasteiger partial charge in [-0.15, -0.1) is 0 Å². The Morgan fingerprint density at radius 2 is 2.12 bits per heavy atom. The molecule has 0 fully saturated rings. The molecule has 1 N–H and O–H groups in total. The maximum atomic E-state index is 11.3. The van der Waals surface area contributed by atoms with Crippen LogP contribution in [0.5, 0.6) is 5.75 Å². The minimum absolute atomic E-state index is 0.111. The van der Waals surface area contributed by atoms with E-state index in [0.29, 0.717) is 13.0 Å². The molecule has 0 radical (unpaired) electrons. The SMILES string of the molecule is CCCNC(=O)CCCOc1ccccc1C. The van der Waals surface area contributed by atoms with Gasteiger partial charge in [-0.25, -0.2) is 0 Å². The van der Waals surface area contributed by atoms with Gasteiger partial charge in [0.1, 0.15) is 5.75 Å². The quantitative estimate of drug-likeness (QED) is 0.738. The van der Waals surface area contributed by atoms with Crippen molar-refractivity contribution in [2.45, 2.75) is 33.1 Å². The molecule has 94 valence electrons. The lowest BCUT2D eigenvalue weighted by atomic mass is 10.2. The van der Waals surface area contributed by atoms with E-state index >= 15 is 0 Å². The third kappa shape index (κ3) is 5.38. The molecule has 3 heteroatoms. The molecule has 0 saturated carbocycles.